The van der Waals surface area contributed by atoms with Crippen LogP contribution in [0.3, 0.4) is 0 Å². The van der Waals surface area contributed by atoms with Gasteiger partial charge in [-0.05, 0) is 40.1 Å². The molecule has 1 fully saturated rings. The summed E-state index contributed by atoms with van der Waals surface area (Å²) in [6.07, 6.45) is -1.00. The Hall–Kier alpha value is -2.77. The molecule has 0 unspecified atom stereocenters. The summed E-state index contributed by atoms with van der Waals surface area (Å²) in [7, 11) is 0. The third kappa shape index (κ3) is 6.87. The Kier molecular flexibility index (Phi) is 8.71. The highest BCUT2D eigenvalue weighted by molar-refractivity contribution is 9.10. The van der Waals surface area contributed by atoms with Gasteiger partial charge < -0.3 is 19.5 Å². The topological polar surface area (TPSA) is 128 Å². The van der Waals surface area contributed by atoms with Crippen LogP contribution in [0.4, 0.5) is 0 Å². The standard InChI is InChI=1S/C21H24BrN3O6/c1-11-12(2)19(29-13(3)26)21(30-14(4)27)31-17(11)10-24-20(28)15(9-23)8-16-6-5-7-18(22)25-16/h5-8,11-12,17,19,21H,10H2,1-4H3,(H,24,28)/b15-8+/t11-,12+,17-,19-,21+/m1/s1. The number of nitriles is 1. The molecule has 0 aromatic carbocycles. The second-order valence-electron chi connectivity index (χ2n) is 7.21. The highest BCUT2D eigenvalue weighted by atomic mass is 79.9. The monoisotopic (exact) mass is 493 g/mol. The van der Waals surface area contributed by atoms with E-state index in [0.717, 1.165) is 0 Å². The molecular weight excluding hydrogens is 470 g/mol. The van der Waals surface area contributed by atoms with Crippen LogP contribution in [0.25, 0.3) is 6.08 Å². The molecule has 0 saturated carbocycles. The summed E-state index contributed by atoms with van der Waals surface area (Å²) in [5, 5.41) is 12.0. The van der Waals surface area contributed by atoms with Gasteiger partial charge in [0, 0.05) is 26.3 Å². The van der Waals surface area contributed by atoms with Crippen LogP contribution in [0.5, 0.6) is 0 Å². The van der Waals surface area contributed by atoms with Crippen molar-refractivity contribution in [3.8, 4) is 6.07 Å². The number of esters is 2. The lowest BCUT2D eigenvalue weighted by atomic mass is 9.83. The molecule has 1 aliphatic heterocycles. The van der Waals surface area contributed by atoms with Gasteiger partial charge in [0.25, 0.3) is 5.91 Å². The molecule has 1 amide bonds. The van der Waals surface area contributed by atoms with Crippen molar-refractivity contribution in [2.24, 2.45) is 11.8 Å². The van der Waals surface area contributed by atoms with Gasteiger partial charge >= 0.3 is 11.9 Å². The molecule has 2 rings (SSSR count). The molecule has 166 valence electrons. The summed E-state index contributed by atoms with van der Waals surface area (Å²) in [6.45, 7) is 6.30. The fourth-order valence-electron chi connectivity index (χ4n) is 3.20. The molecule has 0 spiro atoms. The Morgan fingerprint density at radius 3 is 2.48 bits per heavy atom. The van der Waals surface area contributed by atoms with Gasteiger partial charge in [-0.15, -0.1) is 0 Å². The van der Waals surface area contributed by atoms with Crippen LogP contribution in [-0.4, -0.2) is 47.9 Å². The van der Waals surface area contributed by atoms with E-state index in [9.17, 15) is 19.6 Å². The van der Waals surface area contributed by atoms with Crippen LogP contribution in [0, 0.1) is 23.2 Å². The summed E-state index contributed by atoms with van der Waals surface area (Å²) in [4.78, 5) is 39.6. The number of nitrogens with one attached hydrogen (secondary N) is 1. The van der Waals surface area contributed by atoms with E-state index in [4.69, 9.17) is 14.2 Å². The minimum absolute atomic E-state index is 0.0693. The van der Waals surface area contributed by atoms with E-state index in [0.29, 0.717) is 10.3 Å². The lowest BCUT2D eigenvalue weighted by molar-refractivity contribution is -0.265. The molecule has 1 N–H and O–H groups in total. The number of ether oxygens (including phenoxy) is 3. The number of rotatable bonds is 6. The maximum atomic E-state index is 12.5. The number of nitrogens with zero attached hydrogens (tertiary/aromatic N) is 2. The lowest BCUT2D eigenvalue weighted by Crippen LogP contribution is -2.55. The molecule has 1 saturated heterocycles. The number of halogens is 1. The molecule has 31 heavy (non-hydrogen) atoms. The first-order valence-corrected chi connectivity index (χ1v) is 10.4. The highest BCUT2D eigenvalue weighted by Gasteiger charge is 2.45. The average molecular weight is 494 g/mol. The van der Waals surface area contributed by atoms with Gasteiger partial charge in [-0.3, -0.25) is 14.4 Å². The zero-order valence-corrected chi connectivity index (χ0v) is 19.2. The van der Waals surface area contributed by atoms with Gasteiger partial charge in [-0.2, -0.15) is 5.26 Å². The molecule has 0 radical (unpaired) electrons. The Labute approximate surface area is 188 Å². The first-order valence-electron chi connectivity index (χ1n) is 9.64. The minimum Gasteiger partial charge on any atom is -0.456 e. The number of hydrogen-bond acceptors (Lipinski definition) is 8. The summed E-state index contributed by atoms with van der Waals surface area (Å²) in [6, 6.07) is 7.01. The van der Waals surface area contributed by atoms with E-state index in [1.165, 1.54) is 19.9 Å². The van der Waals surface area contributed by atoms with Crippen LogP contribution < -0.4 is 5.32 Å². The number of aromatic nitrogens is 1. The van der Waals surface area contributed by atoms with E-state index in [-0.39, 0.29) is 24.0 Å². The number of amides is 1. The molecule has 5 atom stereocenters. The van der Waals surface area contributed by atoms with Crippen LogP contribution >= 0.6 is 15.9 Å². The number of pyridine rings is 1. The molecule has 0 aliphatic carbocycles. The van der Waals surface area contributed by atoms with E-state index < -0.39 is 36.3 Å². The fraction of sp³-hybridized carbons (Fsp3) is 0.476. The first kappa shape index (κ1) is 24.5. The summed E-state index contributed by atoms with van der Waals surface area (Å²) in [5.41, 5.74) is 0.340. The van der Waals surface area contributed by atoms with Crippen LogP contribution in [0.1, 0.15) is 33.4 Å². The quantitative estimate of drug-likeness (QED) is 0.276. The second kappa shape index (κ2) is 11.0. The largest absolute Gasteiger partial charge is 0.456 e. The van der Waals surface area contributed by atoms with Crippen molar-refractivity contribution < 1.29 is 28.6 Å². The van der Waals surface area contributed by atoms with Crippen molar-refractivity contribution in [1.29, 1.82) is 5.26 Å². The summed E-state index contributed by atoms with van der Waals surface area (Å²) >= 11 is 3.24. The van der Waals surface area contributed by atoms with E-state index in [2.05, 4.69) is 26.2 Å². The van der Waals surface area contributed by atoms with E-state index in [1.54, 1.807) is 18.2 Å². The Balaban J connectivity index is 2.10. The Morgan fingerprint density at radius 2 is 1.90 bits per heavy atom. The smallest absolute Gasteiger partial charge is 0.305 e. The van der Waals surface area contributed by atoms with Gasteiger partial charge in [-0.25, -0.2) is 4.98 Å². The van der Waals surface area contributed by atoms with E-state index in [1.807, 2.05) is 19.9 Å². The van der Waals surface area contributed by atoms with Gasteiger partial charge in [0.2, 0.25) is 6.29 Å². The maximum Gasteiger partial charge on any atom is 0.305 e. The number of carbonyl (C=O) groups is 3. The summed E-state index contributed by atoms with van der Waals surface area (Å²) < 4.78 is 16.9. The molecule has 10 heteroatoms. The van der Waals surface area contributed by atoms with Gasteiger partial charge in [-0.1, -0.05) is 19.9 Å². The molecule has 0 bridgehead atoms. The highest BCUT2D eigenvalue weighted by Crippen LogP contribution is 2.33. The third-order valence-corrected chi connectivity index (χ3v) is 5.39. The predicted octanol–water partition coefficient (Wildman–Crippen LogP) is 2.36. The lowest BCUT2D eigenvalue weighted by Gasteiger charge is -2.43. The first-order chi connectivity index (χ1) is 14.6. The van der Waals surface area contributed by atoms with Crippen molar-refractivity contribution in [3.05, 3.63) is 34.1 Å². The number of hydrogen-bond donors (Lipinski definition) is 1. The maximum absolute atomic E-state index is 12.5. The van der Waals surface area contributed by atoms with Crippen molar-refractivity contribution in [1.82, 2.24) is 10.3 Å². The van der Waals surface area contributed by atoms with Crippen LogP contribution in [0.2, 0.25) is 0 Å². The van der Waals surface area contributed by atoms with Crippen LogP contribution in [0.15, 0.2) is 28.4 Å². The molecular formula is C21H24BrN3O6. The van der Waals surface area contributed by atoms with E-state index >= 15 is 0 Å². The van der Waals surface area contributed by atoms with Gasteiger partial charge in [0.15, 0.2) is 6.10 Å². The van der Waals surface area contributed by atoms with Crippen molar-refractivity contribution in [3.63, 3.8) is 0 Å². The van der Waals surface area contributed by atoms with Crippen molar-refractivity contribution in [2.45, 2.75) is 46.2 Å². The predicted molar refractivity (Wildman–Crippen MR) is 113 cm³/mol. The summed E-state index contributed by atoms with van der Waals surface area (Å²) in [5.74, 6) is -2.03. The number of carbonyl (C=O) groups excluding carboxylic acids is 3. The minimum atomic E-state index is -1.09. The van der Waals surface area contributed by atoms with Gasteiger partial charge in [0.05, 0.1) is 11.8 Å². The normalized spacial score (nSPS) is 25.8. The molecule has 1 aliphatic rings. The van der Waals surface area contributed by atoms with Crippen molar-refractivity contribution >= 4 is 39.9 Å². The Morgan fingerprint density at radius 1 is 1.23 bits per heavy atom. The van der Waals surface area contributed by atoms with Gasteiger partial charge in [0.1, 0.15) is 16.2 Å². The van der Waals surface area contributed by atoms with Crippen LogP contribution in [-0.2, 0) is 28.6 Å². The molecule has 9 nitrogen and oxygen atoms in total. The Bertz CT molecular complexity index is 913. The molecule has 1 aromatic rings. The average Bonchev–Trinajstić information content (AvgIpc) is 2.69. The SMILES string of the molecule is CC(=O)O[C@H]1O[C@H](CNC(=O)/C(C#N)=C/c2cccc(Br)n2)[C@H](C)[C@H](C)[C@H]1OC(C)=O. The molecule has 1 aromatic heterocycles. The third-order valence-electron chi connectivity index (χ3n) is 4.95. The fourth-order valence-corrected chi connectivity index (χ4v) is 3.55. The zero-order chi connectivity index (χ0) is 23.1. The van der Waals surface area contributed by atoms with Crippen molar-refractivity contribution in [2.75, 3.05) is 6.54 Å². The zero-order valence-electron chi connectivity index (χ0n) is 17.6. The molecule has 2 heterocycles. The second-order valence-corrected chi connectivity index (χ2v) is 8.02.